The maximum absolute atomic E-state index is 12.0. The summed E-state index contributed by atoms with van der Waals surface area (Å²) in [6.07, 6.45) is -3.77. The summed E-state index contributed by atoms with van der Waals surface area (Å²) < 4.78 is 39.8. The highest BCUT2D eigenvalue weighted by Crippen LogP contribution is 2.32. The summed E-state index contributed by atoms with van der Waals surface area (Å²) >= 11 is 0. The van der Waals surface area contributed by atoms with Crippen LogP contribution in [0.3, 0.4) is 0 Å². The fourth-order valence-electron chi connectivity index (χ4n) is 1.79. The van der Waals surface area contributed by atoms with Crippen LogP contribution < -0.4 is 10.1 Å². The van der Waals surface area contributed by atoms with Crippen LogP contribution in [0.15, 0.2) is 12.1 Å². The van der Waals surface area contributed by atoms with E-state index >= 15 is 0 Å². The van der Waals surface area contributed by atoms with E-state index in [0.717, 1.165) is 29.8 Å². The molecule has 0 saturated heterocycles. The molecule has 15 heavy (non-hydrogen) atoms. The Morgan fingerprint density at radius 1 is 1.33 bits per heavy atom. The quantitative estimate of drug-likeness (QED) is 0.780. The van der Waals surface area contributed by atoms with Crippen molar-refractivity contribution in [3.05, 3.63) is 23.3 Å². The van der Waals surface area contributed by atoms with Crippen molar-refractivity contribution in [2.24, 2.45) is 0 Å². The molecule has 0 spiro atoms. The maximum atomic E-state index is 12.0. The largest absolute Gasteiger partial charge is 0.573 e. The van der Waals surface area contributed by atoms with E-state index in [2.05, 4.69) is 10.1 Å². The highest BCUT2D eigenvalue weighted by atomic mass is 19.4. The van der Waals surface area contributed by atoms with Crippen LogP contribution in [0.5, 0.6) is 5.75 Å². The highest BCUT2D eigenvalue weighted by molar-refractivity contribution is 5.61. The molecule has 0 saturated carbocycles. The Balaban J connectivity index is 2.32. The molecule has 5 heteroatoms. The molecule has 0 amide bonds. The summed E-state index contributed by atoms with van der Waals surface area (Å²) in [5.41, 5.74) is 2.65. The molecule has 1 heterocycles. The van der Waals surface area contributed by atoms with E-state index < -0.39 is 6.36 Å². The molecule has 1 N–H and O–H groups in total. The number of fused-ring (bicyclic) bond motifs is 1. The van der Waals surface area contributed by atoms with Crippen molar-refractivity contribution in [2.75, 3.05) is 11.9 Å². The molecule has 0 radical (unpaired) electrons. The number of rotatable bonds is 1. The van der Waals surface area contributed by atoms with Crippen LogP contribution >= 0.6 is 0 Å². The van der Waals surface area contributed by atoms with Gasteiger partial charge >= 0.3 is 6.36 Å². The first-order chi connectivity index (χ1) is 6.96. The molecule has 0 unspecified atom stereocenters. The van der Waals surface area contributed by atoms with Gasteiger partial charge in [0, 0.05) is 18.3 Å². The van der Waals surface area contributed by atoms with Gasteiger partial charge in [0.05, 0.1) is 0 Å². The second-order valence-corrected chi connectivity index (χ2v) is 3.49. The average Bonchev–Trinajstić information content (AvgIpc) is 2.48. The van der Waals surface area contributed by atoms with Gasteiger partial charge < -0.3 is 10.1 Å². The number of aryl methyl sites for hydroxylation is 1. The molecule has 0 aliphatic carbocycles. The Labute approximate surface area is 85.0 Å². The van der Waals surface area contributed by atoms with Crippen LogP contribution in [-0.4, -0.2) is 12.9 Å². The van der Waals surface area contributed by atoms with Crippen molar-refractivity contribution in [1.82, 2.24) is 0 Å². The van der Waals surface area contributed by atoms with E-state index in [-0.39, 0.29) is 5.75 Å². The summed E-state index contributed by atoms with van der Waals surface area (Å²) in [5.74, 6) is -0.159. The Hall–Kier alpha value is -1.39. The summed E-state index contributed by atoms with van der Waals surface area (Å²) in [4.78, 5) is 0. The molecular weight excluding hydrogens is 207 g/mol. The molecule has 2 rings (SSSR count). The first-order valence-electron chi connectivity index (χ1n) is 4.59. The molecule has 0 aromatic heterocycles. The summed E-state index contributed by atoms with van der Waals surface area (Å²) in [7, 11) is 0. The van der Waals surface area contributed by atoms with Crippen molar-refractivity contribution in [1.29, 1.82) is 0 Å². The predicted molar refractivity (Wildman–Crippen MR) is 50.1 cm³/mol. The van der Waals surface area contributed by atoms with Crippen LogP contribution in [0.1, 0.15) is 11.1 Å². The predicted octanol–water partition coefficient (Wildman–Crippen LogP) is 2.86. The van der Waals surface area contributed by atoms with Crippen molar-refractivity contribution in [3.8, 4) is 5.75 Å². The minimum Gasteiger partial charge on any atom is -0.406 e. The maximum Gasteiger partial charge on any atom is 0.573 e. The fourth-order valence-corrected chi connectivity index (χ4v) is 1.79. The second kappa shape index (κ2) is 3.32. The Kier molecular flexibility index (Phi) is 2.25. The zero-order valence-corrected chi connectivity index (χ0v) is 8.11. The minimum atomic E-state index is -4.63. The van der Waals surface area contributed by atoms with E-state index in [9.17, 15) is 13.2 Å². The number of ether oxygens (including phenoxy) is 1. The van der Waals surface area contributed by atoms with Crippen LogP contribution in [0.25, 0.3) is 0 Å². The van der Waals surface area contributed by atoms with Gasteiger partial charge in [-0.25, -0.2) is 0 Å². The lowest BCUT2D eigenvalue weighted by Gasteiger charge is -2.11. The highest BCUT2D eigenvalue weighted by Gasteiger charge is 2.31. The smallest absolute Gasteiger partial charge is 0.406 e. The molecule has 1 aromatic rings. The number of nitrogens with one attached hydrogen (secondary N) is 1. The number of halogens is 3. The van der Waals surface area contributed by atoms with Gasteiger partial charge in [-0.3, -0.25) is 0 Å². The third-order valence-corrected chi connectivity index (χ3v) is 2.37. The monoisotopic (exact) mass is 217 g/mol. The molecule has 1 aliphatic heterocycles. The Morgan fingerprint density at radius 3 is 2.73 bits per heavy atom. The molecule has 1 aliphatic rings. The van der Waals surface area contributed by atoms with Gasteiger partial charge in [0.2, 0.25) is 0 Å². The van der Waals surface area contributed by atoms with Gasteiger partial charge in [-0.2, -0.15) is 0 Å². The van der Waals surface area contributed by atoms with E-state index in [1.165, 1.54) is 12.1 Å². The Morgan fingerprint density at radius 2 is 2.07 bits per heavy atom. The lowest BCUT2D eigenvalue weighted by atomic mass is 10.1. The van der Waals surface area contributed by atoms with Gasteiger partial charge in [0.1, 0.15) is 5.75 Å². The first kappa shape index (κ1) is 10.1. The molecule has 0 atom stereocenters. The van der Waals surface area contributed by atoms with Gasteiger partial charge in [0.25, 0.3) is 0 Å². The molecule has 2 nitrogen and oxygen atoms in total. The van der Waals surface area contributed by atoms with Crippen LogP contribution in [0.4, 0.5) is 18.9 Å². The van der Waals surface area contributed by atoms with Crippen LogP contribution in [-0.2, 0) is 6.42 Å². The fraction of sp³-hybridized carbons (Fsp3) is 0.400. The third-order valence-electron chi connectivity index (χ3n) is 2.37. The molecule has 1 aromatic carbocycles. The normalized spacial score (nSPS) is 14.7. The van der Waals surface area contributed by atoms with Crippen molar-refractivity contribution in [3.63, 3.8) is 0 Å². The second-order valence-electron chi connectivity index (χ2n) is 3.49. The number of anilines is 1. The topological polar surface area (TPSA) is 21.3 Å². The molecule has 0 bridgehead atoms. The minimum absolute atomic E-state index is 0.159. The van der Waals surface area contributed by atoms with E-state index in [4.69, 9.17) is 0 Å². The first-order valence-corrected chi connectivity index (χ1v) is 4.59. The van der Waals surface area contributed by atoms with Crippen LogP contribution in [0.2, 0.25) is 0 Å². The van der Waals surface area contributed by atoms with E-state index in [0.29, 0.717) is 0 Å². The Bertz CT molecular complexity index is 387. The lowest BCUT2D eigenvalue weighted by Crippen LogP contribution is -2.17. The molecular formula is C10H10F3NO. The SMILES string of the molecule is Cc1cc(OC(F)(F)F)cc2c1CCN2. The zero-order chi connectivity index (χ0) is 11.1. The molecule has 0 fully saturated rings. The summed E-state index contributed by atoms with van der Waals surface area (Å²) in [6.45, 7) is 2.56. The number of hydrogen-bond donors (Lipinski definition) is 1. The standard InChI is InChI=1S/C10H10F3NO/c1-6-4-7(15-10(11,12)13)5-9-8(6)2-3-14-9/h4-5,14H,2-3H2,1H3. The summed E-state index contributed by atoms with van der Waals surface area (Å²) in [5, 5.41) is 3.02. The van der Waals surface area contributed by atoms with Gasteiger partial charge in [0.15, 0.2) is 0 Å². The van der Waals surface area contributed by atoms with Crippen molar-refractivity contribution < 1.29 is 17.9 Å². The number of hydrogen-bond acceptors (Lipinski definition) is 2. The van der Waals surface area contributed by atoms with Crippen molar-refractivity contribution >= 4 is 5.69 Å². The van der Waals surface area contributed by atoms with Gasteiger partial charge in [-0.1, -0.05) is 0 Å². The average molecular weight is 217 g/mol. The number of benzene rings is 1. The third kappa shape index (κ3) is 2.16. The molecule has 82 valence electrons. The van der Waals surface area contributed by atoms with Crippen molar-refractivity contribution in [2.45, 2.75) is 19.7 Å². The van der Waals surface area contributed by atoms with Crippen LogP contribution in [0, 0.1) is 6.92 Å². The van der Waals surface area contributed by atoms with E-state index in [1.54, 1.807) is 6.92 Å². The van der Waals surface area contributed by atoms with Gasteiger partial charge in [-0.15, -0.1) is 13.2 Å². The van der Waals surface area contributed by atoms with Gasteiger partial charge in [-0.05, 0) is 30.5 Å². The zero-order valence-electron chi connectivity index (χ0n) is 8.11. The lowest BCUT2D eigenvalue weighted by molar-refractivity contribution is -0.274. The summed E-state index contributed by atoms with van der Waals surface area (Å²) in [6, 6.07) is 2.81. The number of alkyl halides is 3. The van der Waals surface area contributed by atoms with E-state index in [1.807, 2.05) is 0 Å².